The minimum absolute atomic E-state index is 0.0477. The van der Waals surface area contributed by atoms with Crippen LogP contribution >= 0.6 is 0 Å². The SMILES string of the molecule is [2H]c1c([2H])c([2H])c(-c2cc(C(C)(C)C)cc(-c3cccc(C(C)(C)C)c3)c2N2c3cc(-n4c5ccccc5c5ccccc54)ccc3B3c4ccc(-n5c6ccccc6c6ccccc65)cc4N(c4c(-c5cccc(C(C)(C)C)c5)cc(C(C)(C)C)cc4-c4c([2H])c([2H])c([2H])c([2H])c4[2H])c4cc(C5CCCCC5)cc2c43)c([2H])c1[2H]. The molecule has 15 aromatic rings. The van der Waals surface area contributed by atoms with Crippen LogP contribution in [0.5, 0.6) is 0 Å². The van der Waals surface area contributed by atoms with Gasteiger partial charge in [-0.25, -0.2) is 0 Å². The van der Waals surface area contributed by atoms with E-state index in [4.69, 9.17) is 0 Å². The monoisotopic (exact) mass is 1370 g/mol. The maximum absolute atomic E-state index is 10.3. The van der Waals surface area contributed by atoms with Crippen molar-refractivity contribution in [3.05, 3.63) is 307 Å². The Morgan fingerprint density at radius 2 is 0.676 bits per heavy atom. The lowest BCUT2D eigenvalue weighted by atomic mass is 9.33. The molecule has 18 rings (SSSR count). The first-order valence-corrected chi connectivity index (χ1v) is 37.5. The standard InChI is InChI=1S/C100H93BN4/c1-97(2,3)70-40-30-38-67(54-70)82-60-72(99(7,8)9)58-80(65-34-18-14-19-35-65)95(82)104-90-62-74(102-86-46-26-22-42-76(86)77-43-23-27-47-87(77)102)50-52-84(90)101-85-53-51-75(103-88-48-28-24-44-78(88)79-45-25-29-49-89(79)103)63-91(85)105(93-57-69(56-92(104)94(93)101)64-32-16-13-17-33-64)96-81(66-36-20-15-21-37-66)59-73(100(10,11)12)61-83(96)68-39-31-41-71(55-68)98(4,5)6/h14-15,18-31,34-64H,13,16-17,32-33H2,1-12H3/i14D,15D,18D,19D,20D,21D,34D,35D,36D,37D. The van der Waals surface area contributed by atoms with Crippen LogP contribution in [0.25, 0.3) is 99.5 Å². The summed E-state index contributed by atoms with van der Waals surface area (Å²) in [6.45, 7) is 25.8. The first kappa shape index (κ1) is 55.6. The molecule has 105 heavy (non-hydrogen) atoms. The first-order valence-electron chi connectivity index (χ1n) is 42.5. The lowest BCUT2D eigenvalue weighted by Gasteiger charge is -2.46. The highest BCUT2D eigenvalue weighted by Crippen LogP contribution is 2.56. The van der Waals surface area contributed by atoms with E-state index in [2.05, 4.69) is 320 Å². The Hall–Kier alpha value is -10.9. The van der Waals surface area contributed by atoms with Crippen LogP contribution in [0, 0.1) is 0 Å². The van der Waals surface area contributed by atoms with Gasteiger partial charge in [-0.3, -0.25) is 0 Å². The summed E-state index contributed by atoms with van der Waals surface area (Å²) in [5, 5.41) is 4.41. The minimum Gasteiger partial charge on any atom is -0.310 e. The molecule has 0 bridgehead atoms. The molecule has 5 heteroatoms. The number of anilines is 6. The first-order chi connectivity index (χ1) is 54.8. The van der Waals surface area contributed by atoms with Gasteiger partial charge in [0.05, 0.1) is 47.1 Å². The van der Waals surface area contributed by atoms with Crippen molar-refractivity contribution in [1.29, 1.82) is 0 Å². The van der Waals surface area contributed by atoms with E-state index < -0.39 is 53.8 Å². The number of rotatable bonds is 9. The normalized spacial score (nSPS) is 15.5. The van der Waals surface area contributed by atoms with Crippen molar-refractivity contribution in [3.8, 4) is 55.9 Å². The van der Waals surface area contributed by atoms with Crippen molar-refractivity contribution in [2.24, 2.45) is 0 Å². The van der Waals surface area contributed by atoms with Crippen LogP contribution in [0.4, 0.5) is 34.1 Å². The van der Waals surface area contributed by atoms with Crippen LogP contribution in [0.15, 0.2) is 279 Å². The van der Waals surface area contributed by atoms with Crippen molar-refractivity contribution in [2.45, 2.75) is 143 Å². The van der Waals surface area contributed by atoms with Crippen LogP contribution < -0.4 is 26.2 Å². The van der Waals surface area contributed by atoms with Crippen LogP contribution in [0.1, 0.15) is 163 Å². The number of nitrogens with zero attached hydrogens (tertiary/aromatic N) is 4. The Labute approximate surface area is 635 Å². The molecule has 1 aliphatic carbocycles. The summed E-state index contributed by atoms with van der Waals surface area (Å²) in [7, 11) is 0. The van der Waals surface area contributed by atoms with Crippen LogP contribution in [-0.4, -0.2) is 15.8 Å². The molecule has 0 radical (unpaired) electrons. The van der Waals surface area contributed by atoms with Gasteiger partial charge in [0.15, 0.2) is 0 Å². The van der Waals surface area contributed by atoms with Gasteiger partial charge in [0.2, 0.25) is 0 Å². The zero-order valence-electron chi connectivity index (χ0n) is 72.3. The summed E-state index contributed by atoms with van der Waals surface area (Å²) >= 11 is 0. The van der Waals surface area contributed by atoms with E-state index >= 15 is 0 Å². The van der Waals surface area contributed by atoms with Gasteiger partial charge in [0, 0.05) is 77.9 Å². The molecule has 0 saturated heterocycles. The molecule has 3 aliphatic rings. The molecule has 1 fully saturated rings. The van der Waals surface area contributed by atoms with Crippen LogP contribution in [0.2, 0.25) is 0 Å². The van der Waals surface area contributed by atoms with Gasteiger partial charge in [-0.2, -0.15) is 0 Å². The second-order valence-corrected chi connectivity index (χ2v) is 33.6. The summed E-state index contributed by atoms with van der Waals surface area (Å²) in [5.41, 5.74) is 21.1. The van der Waals surface area contributed by atoms with Crippen molar-refractivity contribution >= 4 is 101 Å². The van der Waals surface area contributed by atoms with Crippen molar-refractivity contribution in [1.82, 2.24) is 9.13 Å². The van der Waals surface area contributed by atoms with Gasteiger partial charge in [0.25, 0.3) is 6.71 Å². The smallest absolute Gasteiger partial charge is 0.252 e. The third-order valence-corrected chi connectivity index (χ3v) is 22.8. The van der Waals surface area contributed by atoms with E-state index in [0.717, 1.165) is 176 Å². The minimum atomic E-state index is -0.557. The van der Waals surface area contributed by atoms with Gasteiger partial charge in [-0.15, -0.1) is 0 Å². The molecule has 2 aliphatic heterocycles. The zero-order valence-corrected chi connectivity index (χ0v) is 62.3. The fourth-order valence-corrected chi connectivity index (χ4v) is 17.3. The predicted molar refractivity (Wildman–Crippen MR) is 452 cm³/mol. The summed E-state index contributed by atoms with van der Waals surface area (Å²) in [5.74, 6) is 0.0477. The molecule has 2 aromatic heterocycles. The molecule has 0 unspecified atom stereocenters. The van der Waals surface area contributed by atoms with Crippen molar-refractivity contribution in [2.75, 3.05) is 9.80 Å². The maximum atomic E-state index is 10.3. The average molecular weight is 1370 g/mol. The third-order valence-electron chi connectivity index (χ3n) is 22.8. The summed E-state index contributed by atoms with van der Waals surface area (Å²) in [6, 6.07) is 75.2. The molecule has 0 atom stereocenters. The number of para-hydroxylation sites is 4. The fraction of sp³-hybridized carbons (Fsp3) is 0.220. The Morgan fingerprint density at radius 1 is 0.324 bits per heavy atom. The van der Waals surface area contributed by atoms with Crippen molar-refractivity contribution in [3.63, 3.8) is 0 Å². The Balaban J connectivity index is 1.09. The largest absolute Gasteiger partial charge is 0.310 e. The highest BCUT2D eigenvalue weighted by atomic mass is 15.2. The molecule has 4 heterocycles. The molecular formula is C100H93BN4. The second-order valence-electron chi connectivity index (χ2n) is 33.6. The highest BCUT2D eigenvalue weighted by molar-refractivity contribution is 7.00. The zero-order chi connectivity index (χ0) is 80.7. The molecule has 4 nitrogen and oxygen atoms in total. The fourth-order valence-electron chi connectivity index (χ4n) is 17.3. The number of hydrogen-bond acceptors (Lipinski definition) is 2. The van der Waals surface area contributed by atoms with E-state index in [-0.39, 0.29) is 52.0 Å². The quantitative estimate of drug-likeness (QED) is 0.134. The van der Waals surface area contributed by atoms with E-state index in [1.54, 1.807) is 0 Å². The Kier molecular flexibility index (Phi) is 13.2. The Bertz CT molecular complexity index is 6060. The van der Waals surface area contributed by atoms with Gasteiger partial charge in [-0.05, 0) is 192 Å². The van der Waals surface area contributed by atoms with E-state index in [0.29, 0.717) is 22.5 Å². The van der Waals surface area contributed by atoms with Crippen LogP contribution in [0.3, 0.4) is 0 Å². The van der Waals surface area contributed by atoms with Gasteiger partial charge in [0.1, 0.15) is 0 Å². The molecular weight excluding hydrogens is 1270 g/mol. The molecule has 516 valence electrons. The highest BCUT2D eigenvalue weighted by Gasteiger charge is 2.47. The van der Waals surface area contributed by atoms with Crippen molar-refractivity contribution < 1.29 is 13.7 Å². The number of hydrogen-bond donors (Lipinski definition) is 0. The third kappa shape index (κ3) is 11.2. The predicted octanol–water partition coefficient (Wildman–Crippen LogP) is 25.9. The van der Waals surface area contributed by atoms with Gasteiger partial charge < -0.3 is 18.9 Å². The Morgan fingerprint density at radius 3 is 1.04 bits per heavy atom. The number of fused-ring (bicyclic) bond motifs is 10. The summed E-state index contributed by atoms with van der Waals surface area (Å²) in [4.78, 5) is 4.83. The average Bonchev–Trinajstić information content (AvgIpc) is 0.980. The number of benzene rings is 13. The maximum Gasteiger partial charge on any atom is 0.252 e. The summed E-state index contributed by atoms with van der Waals surface area (Å²) < 4.78 is 103. The van der Waals surface area contributed by atoms with E-state index in [1.165, 1.54) is 0 Å². The lowest BCUT2D eigenvalue weighted by Crippen LogP contribution is -2.61. The molecule has 0 N–H and O–H groups in total. The van der Waals surface area contributed by atoms with Crippen LogP contribution in [-0.2, 0) is 21.7 Å². The van der Waals surface area contributed by atoms with E-state index in [9.17, 15) is 13.7 Å². The lowest BCUT2D eigenvalue weighted by molar-refractivity contribution is 0.444. The topological polar surface area (TPSA) is 16.3 Å². The summed E-state index contributed by atoms with van der Waals surface area (Å²) in [6.07, 6.45) is 4.91. The molecule has 0 spiro atoms. The van der Waals surface area contributed by atoms with Gasteiger partial charge >= 0.3 is 0 Å². The molecule has 13 aromatic carbocycles. The second kappa shape index (κ2) is 24.9. The molecule has 0 amide bonds. The van der Waals surface area contributed by atoms with Gasteiger partial charge in [-0.1, -0.05) is 296 Å². The van der Waals surface area contributed by atoms with E-state index in [1.807, 2.05) is 0 Å². The number of aromatic nitrogens is 2. The molecule has 1 saturated carbocycles.